The maximum absolute atomic E-state index is 12.3. The maximum atomic E-state index is 12.3. The number of hydrogen-bond acceptors (Lipinski definition) is 4. The molecular formula is C13H19BrN2O3. The van der Waals surface area contributed by atoms with Crippen molar-refractivity contribution in [1.82, 2.24) is 9.78 Å². The standard InChI is InChI=1S/C13H19BrN2O3/c1-8-5-9(2)16(15-8)11(17)10(14)12-18-6-13(3,4)7-19-12/h5,10,12H,6-7H2,1-4H3/t10-/m0/s1. The number of alkyl halides is 1. The van der Waals surface area contributed by atoms with E-state index in [2.05, 4.69) is 34.9 Å². The Morgan fingerprint density at radius 2 is 2.05 bits per heavy atom. The van der Waals surface area contributed by atoms with Crippen LogP contribution in [0.2, 0.25) is 0 Å². The number of aromatic nitrogens is 2. The molecule has 5 nitrogen and oxygen atoms in total. The van der Waals surface area contributed by atoms with E-state index >= 15 is 0 Å². The van der Waals surface area contributed by atoms with Crippen LogP contribution in [0.1, 0.15) is 30.0 Å². The van der Waals surface area contributed by atoms with Crippen LogP contribution in [0.15, 0.2) is 6.07 Å². The highest BCUT2D eigenvalue weighted by Crippen LogP contribution is 2.27. The Labute approximate surface area is 121 Å². The van der Waals surface area contributed by atoms with Crippen LogP contribution in [0.25, 0.3) is 0 Å². The van der Waals surface area contributed by atoms with Crippen LogP contribution in [0.5, 0.6) is 0 Å². The molecule has 1 fully saturated rings. The molecule has 2 heterocycles. The van der Waals surface area contributed by atoms with Crippen molar-refractivity contribution in [2.75, 3.05) is 13.2 Å². The Morgan fingerprint density at radius 3 is 2.53 bits per heavy atom. The Balaban J connectivity index is 2.06. The first kappa shape index (κ1) is 14.7. The van der Waals surface area contributed by atoms with Crippen molar-refractivity contribution in [3.05, 3.63) is 17.5 Å². The van der Waals surface area contributed by atoms with Gasteiger partial charge in [0.05, 0.1) is 18.9 Å². The molecule has 0 radical (unpaired) electrons. The van der Waals surface area contributed by atoms with Gasteiger partial charge in [0.2, 0.25) is 0 Å². The Hall–Kier alpha value is -0.720. The summed E-state index contributed by atoms with van der Waals surface area (Å²) >= 11 is 3.36. The maximum Gasteiger partial charge on any atom is 0.266 e. The summed E-state index contributed by atoms with van der Waals surface area (Å²) in [6, 6.07) is 1.86. The molecule has 106 valence electrons. The molecule has 0 N–H and O–H groups in total. The van der Waals surface area contributed by atoms with Crippen LogP contribution in [-0.2, 0) is 9.47 Å². The van der Waals surface area contributed by atoms with Gasteiger partial charge in [-0.05, 0) is 19.9 Å². The number of aryl methyl sites for hydroxylation is 2. The fraction of sp³-hybridized carbons (Fsp3) is 0.692. The number of rotatable bonds is 2. The zero-order valence-corrected chi connectivity index (χ0v) is 13.2. The van der Waals surface area contributed by atoms with Gasteiger partial charge in [0.15, 0.2) is 6.29 Å². The summed E-state index contributed by atoms with van der Waals surface area (Å²) in [5.74, 6) is -0.171. The van der Waals surface area contributed by atoms with E-state index in [1.165, 1.54) is 4.68 Å². The van der Waals surface area contributed by atoms with Crippen molar-refractivity contribution < 1.29 is 14.3 Å². The summed E-state index contributed by atoms with van der Waals surface area (Å²) in [5, 5.41) is 4.18. The molecule has 1 saturated heterocycles. The molecule has 2 rings (SSSR count). The van der Waals surface area contributed by atoms with Gasteiger partial charge in [-0.3, -0.25) is 4.79 Å². The van der Waals surface area contributed by atoms with Gasteiger partial charge < -0.3 is 9.47 Å². The summed E-state index contributed by atoms with van der Waals surface area (Å²) in [5.41, 5.74) is 1.62. The van der Waals surface area contributed by atoms with Crippen LogP contribution in [0.3, 0.4) is 0 Å². The van der Waals surface area contributed by atoms with Gasteiger partial charge in [-0.1, -0.05) is 29.8 Å². The van der Waals surface area contributed by atoms with Crippen molar-refractivity contribution in [3.8, 4) is 0 Å². The lowest BCUT2D eigenvalue weighted by molar-refractivity contribution is -0.216. The van der Waals surface area contributed by atoms with Gasteiger partial charge >= 0.3 is 0 Å². The van der Waals surface area contributed by atoms with Gasteiger partial charge in [0.1, 0.15) is 4.83 Å². The van der Waals surface area contributed by atoms with Gasteiger partial charge in [0.25, 0.3) is 5.91 Å². The molecule has 0 bridgehead atoms. The molecule has 0 saturated carbocycles. The SMILES string of the molecule is Cc1cc(C)n(C(=O)[C@H](Br)C2OCC(C)(C)CO2)n1. The fourth-order valence-corrected chi connectivity index (χ4v) is 2.46. The zero-order valence-electron chi connectivity index (χ0n) is 11.6. The predicted molar refractivity (Wildman–Crippen MR) is 74.5 cm³/mol. The number of halogens is 1. The second kappa shape index (κ2) is 5.34. The zero-order chi connectivity index (χ0) is 14.2. The molecule has 1 aromatic heterocycles. The predicted octanol–water partition coefficient (Wildman–Crippen LogP) is 2.30. The highest BCUT2D eigenvalue weighted by molar-refractivity contribution is 9.10. The van der Waals surface area contributed by atoms with E-state index in [0.29, 0.717) is 13.2 Å². The smallest absolute Gasteiger partial charge is 0.266 e. The molecule has 19 heavy (non-hydrogen) atoms. The summed E-state index contributed by atoms with van der Waals surface area (Å²) in [4.78, 5) is 11.8. The minimum Gasteiger partial charge on any atom is -0.350 e. The van der Waals surface area contributed by atoms with Gasteiger partial charge in [-0.15, -0.1) is 0 Å². The molecule has 0 aromatic carbocycles. The first-order valence-corrected chi connectivity index (χ1v) is 7.16. The van der Waals surface area contributed by atoms with Crippen molar-refractivity contribution in [2.45, 2.75) is 38.8 Å². The third-order valence-corrected chi connectivity index (χ3v) is 3.79. The average molecular weight is 331 g/mol. The van der Waals surface area contributed by atoms with E-state index in [4.69, 9.17) is 9.47 Å². The molecule has 6 heteroatoms. The topological polar surface area (TPSA) is 53.4 Å². The normalized spacial score (nSPS) is 21.3. The monoisotopic (exact) mass is 330 g/mol. The molecule has 0 unspecified atom stereocenters. The molecule has 1 aromatic rings. The van der Waals surface area contributed by atoms with Crippen molar-refractivity contribution in [2.24, 2.45) is 5.41 Å². The number of hydrogen-bond donors (Lipinski definition) is 0. The third kappa shape index (κ3) is 3.24. The van der Waals surface area contributed by atoms with Gasteiger partial charge in [0, 0.05) is 11.1 Å². The first-order valence-electron chi connectivity index (χ1n) is 6.25. The van der Waals surface area contributed by atoms with Crippen LogP contribution in [-0.4, -0.2) is 40.0 Å². The molecular weight excluding hydrogens is 312 g/mol. The van der Waals surface area contributed by atoms with E-state index < -0.39 is 11.1 Å². The largest absolute Gasteiger partial charge is 0.350 e. The van der Waals surface area contributed by atoms with E-state index in [-0.39, 0.29) is 11.3 Å². The quantitative estimate of drug-likeness (QED) is 0.781. The number of nitrogens with zero attached hydrogens (tertiary/aromatic N) is 2. The molecule has 0 aliphatic carbocycles. The van der Waals surface area contributed by atoms with Crippen LogP contribution < -0.4 is 0 Å². The van der Waals surface area contributed by atoms with E-state index in [9.17, 15) is 4.79 Å². The summed E-state index contributed by atoms with van der Waals surface area (Å²) < 4.78 is 12.6. The van der Waals surface area contributed by atoms with Crippen LogP contribution >= 0.6 is 15.9 Å². The Morgan fingerprint density at radius 1 is 1.47 bits per heavy atom. The third-order valence-electron chi connectivity index (χ3n) is 2.97. The van der Waals surface area contributed by atoms with Gasteiger partial charge in [-0.2, -0.15) is 5.10 Å². The molecule has 0 spiro atoms. The summed E-state index contributed by atoms with van der Waals surface area (Å²) in [6.45, 7) is 8.98. The lowest BCUT2D eigenvalue weighted by atomic mass is 9.95. The van der Waals surface area contributed by atoms with Crippen LogP contribution in [0, 0.1) is 19.3 Å². The first-order chi connectivity index (χ1) is 8.80. The van der Waals surface area contributed by atoms with E-state index in [1.807, 2.05) is 19.9 Å². The Bertz CT molecular complexity index is 474. The second-order valence-corrected chi connectivity index (χ2v) is 6.72. The van der Waals surface area contributed by atoms with Crippen molar-refractivity contribution >= 4 is 21.8 Å². The number of carbonyl (C=O) groups excluding carboxylic acids is 1. The number of ether oxygens (including phenoxy) is 2. The summed E-state index contributed by atoms with van der Waals surface area (Å²) in [7, 11) is 0. The minimum absolute atomic E-state index is 0.00945. The molecule has 0 amide bonds. The molecule has 1 atom stereocenters. The lowest BCUT2D eigenvalue weighted by Crippen LogP contribution is -2.45. The highest BCUT2D eigenvalue weighted by Gasteiger charge is 2.36. The van der Waals surface area contributed by atoms with Crippen molar-refractivity contribution in [1.29, 1.82) is 0 Å². The second-order valence-electron chi connectivity index (χ2n) is 5.73. The average Bonchev–Trinajstić information content (AvgIpc) is 2.66. The Kier molecular flexibility index (Phi) is 4.13. The molecule has 1 aliphatic rings. The summed E-state index contributed by atoms with van der Waals surface area (Å²) in [6.07, 6.45) is -0.565. The highest BCUT2D eigenvalue weighted by atomic mass is 79.9. The lowest BCUT2D eigenvalue weighted by Gasteiger charge is -2.35. The van der Waals surface area contributed by atoms with E-state index in [0.717, 1.165) is 11.4 Å². The van der Waals surface area contributed by atoms with Gasteiger partial charge in [-0.25, -0.2) is 4.68 Å². The number of carbonyl (C=O) groups is 1. The van der Waals surface area contributed by atoms with E-state index in [1.54, 1.807) is 0 Å². The minimum atomic E-state index is -0.565. The van der Waals surface area contributed by atoms with Crippen LogP contribution in [0.4, 0.5) is 0 Å². The molecule has 1 aliphatic heterocycles. The van der Waals surface area contributed by atoms with Crippen molar-refractivity contribution in [3.63, 3.8) is 0 Å². The fourth-order valence-electron chi connectivity index (χ4n) is 1.96.